The second-order valence-corrected chi connectivity index (χ2v) is 7.84. The lowest BCUT2D eigenvalue weighted by molar-refractivity contribution is -0.125. The van der Waals surface area contributed by atoms with Gasteiger partial charge in [0, 0.05) is 10.9 Å². The molecule has 1 fully saturated rings. The maximum atomic E-state index is 12.4. The highest BCUT2D eigenvalue weighted by Gasteiger charge is 2.20. The van der Waals surface area contributed by atoms with Gasteiger partial charge in [0.2, 0.25) is 5.91 Å². The summed E-state index contributed by atoms with van der Waals surface area (Å²) in [5.41, 5.74) is 3.47. The van der Waals surface area contributed by atoms with Gasteiger partial charge < -0.3 is 9.47 Å². The molecule has 0 saturated heterocycles. The number of hydrazone groups is 1. The molecule has 0 aliphatic heterocycles. The summed E-state index contributed by atoms with van der Waals surface area (Å²) < 4.78 is 10.7. The van der Waals surface area contributed by atoms with E-state index in [1.54, 1.807) is 24.3 Å². The highest BCUT2D eigenvalue weighted by molar-refractivity contribution is 6.36. The zero-order valence-corrected chi connectivity index (χ0v) is 18.0. The normalized spacial score (nSPS) is 14.5. The van der Waals surface area contributed by atoms with Crippen molar-refractivity contribution in [2.24, 2.45) is 11.0 Å². The first-order valence-electron chi connectivity index (χ1n) is 9.66. The molecule has 0 spiro atoms. The largest absolute Gasteiger partial charge is 0.493 e. The first kappa shape index (κ1) is 22.1. The lowest BCUT2D eigenvalue weighted by Crippen LogP contribution is -2.28. The Hall–Kier alpha value is -2.57. The standard InChI is InChI=1S/C22H22Cl2N2O4/c1-29-20-11-14(13-25-26-21(27)15-5-3-2-4-6-15)7-10-19(20)30-22(28)17-9-8-16(23)12-18(17)24/h7-13,15H,2-6H2,1H3,(H,26,27). The van der Waals surface area contributed by atoms with Gasteiger partial charge in [-0.1, -0.05) is 42.5 Å². The molecule has 30 heavy (non-hydrogen) atoms. The van der Waals surface area contributed by atoms with Gasteiger partial charge in [-0.2, -0.15) is 5.10 Å². The summed E-state index contributed by atoms with van der Waals surface area (Å²) in [7, 11) is 1.47. The number of halogens is 2. The van der Waals surface area contributed by atoms with Crippen molar-refractivity contribution in [3.8, 4) is 11.5 Å². The van der Waals surface area contributed by atoms with E-state index in [1.807, 2.05) is 0 Å². The summed E-state index contributed by atoms with van der Waals surface area (Å²) in [5.74, 6) is -0.0701. The summed E-state index contributed by atoms with van der Waals surface area (Å²) in [6.07, 6.45) is 6.69. The van der Waals surface area contributed by atoms with E-state index in [1.165, 1.54) is 31.9 Å². The average Bonchev–Trinajstić information content (AvgIpc) is 2.75. The second-order valence-electron chi connectivity index (χ2n) is 6.99. The number of benzene rings is 2. The average molecular weight is 449 g/mol. The minimum atomic E-state index is -0.629. The highest BCUT2D eigenvalue weighted by atomic mass is 35.5. The number of carbonyl (C=O) groups excluding carboxylic acids is 2. The molecule has 1 aliphatic rings. The van der Waals surface area contributed by atoms with Crippen molar-refractivity contribution in [3.05, 3.63) is 57.6 Å². The number of methoxy groups -OCH3 is 1. The Morgan fingerprint density at radius 3 is 2.53 bits per heavy atom. The monoisotopic (exact) mass is 448 g/mol. The van der Waals surface area contributed by atoms with E-state index in [9.17, 15) is 9.59 Å². The molecule has 0 unspecified atom stereocenters. The Bertz CT molecular complexity index is 956. The topological polar surface area (TPSA) is 77.0 Å². The first-order valence-corrected chi connectivity index (χ1v) is 10.4. The maximum Gasteiger partial charge on any atom is 0.345 e. The van der Waals surface area contributed by atoms with Crippen molar-refractivity contribution in [2.75, 3.05) is 7.11 Å². The van der Waals surface area contributed by atoms with Crippen LogP contribution in [0.1, 0.15) is 48.0 Å². The summed E-state index contributed by atoms with van der Waals surface area (Å²) in [6.45, 7) is 0. The van der Waals surface area contributed by atoms with Gasteiger partial charge in [-0.05, 0) is 54.8 Å². The van der Waals surface area contributed by atoms with Crippen LogP contribution in [0.4, 0.5) is 0 Å². The van der Waals surface area contributed by atoms with E-state index >= 15 is 0 Å². The number of nitrogens with one attached hydrogen (secondary N) is 1. The minimum Gasteiger partial charge on any atom is -0.493 e. The Balaban J connectivity index is 1.65. The van der Waals surface area contributed by atoms with E-state index in [0.717, 1.165) is 25.7 Å². The highest BCUT2D eigenvalue weighted by Crippen LogP contribution is 2.30. The van der Waals surface area contributed by atoms with Gasteiger partial charge in [-0.25, -0.2) is 10.2 Å². The van der Waals surface area contributed by atoms with Crippen LogP contribution >= 0.6 is 23.2 Å². The smallest absolute Gasteiger partial charge is 0.345 e. The van der Waals surface area contributed by atoms with Crippen molar-refractivity contribution < 1.29 is 19.1 Å². The zero-order chi connectivity index (χ0) is 21.5. The third kappa shape index (κ3) is 5.74. The number of esters is 1. The Kier molecular flexibility index (Phi) is 7.71. The SMILES string of the molecule is COc1cc(C=NNC(=O)C2CCCCC2)ccc1OC(=O)c1ccc(Cl)cc1Cl. The summed E-state index contributed by atoms with van der Waals surface area (Å²) in [5, 5.41) is 4.65. The van der Waals surface area contributed by atoms with Crippen LogP contribution in [0, 0.1) is 5.92 Å². The van der Waals surface area contributed by atoms with Gasteiger partial charge in [0.15, 0.2) is 11.5 Å². The van der Waals surface area contributed by atoms with Crippen molar-refractivity contribution >= 4 is 41.3 Å². The fraction of sp³-hybridized carbons (Fsp3) is 0.318. The number of carbonyl (C=O) groups is 2. The Morgan fingerprint density at radius 1 is 1.07 bits per heavy atom. The van der Waals surface area contributed by atoms with Gasteiger partial charge in [0.25, 0.3) is 0 Å². The van der Waals surface area contributed by atoms with Crippen LogP contribution in [0.5, 0.6) is 11.5 Å². The van der Waals surface area contributed by atoms with Crippen LogP contribution in [0.3, 0.4) is 0 Å². The number of rotatable bonds is 6. The van der Waals surface area contributed by atoms with E-state index in [-0.39, 0.29) is 28.2 Å². The molecule has 3 rings (SSSR count). The molecule has 2 aromatic rings. The fourth-order valence-corrected chi connectivity index (χ4v) is 3.77. The molecule has 1 amide bonds. The molecule has 158 valence electrons. The van der Waals surface area contributed by atoms with Gasteiger partial charge >= 0.3 is 5.97 Å². The predicted octanol–water partition coefficient (Wildman–Crippen LogP) is 5.25. The minimum absolute atomic E-state index is 0.0342. The molecule has 0 heterocycles. The Labute approximate surface area is 185 Å². The molecular formula is C22H22Cl2N2O4. The van der Waals surface area contributed by atoms with Crippen molar-refractivity contribution in [3.63, 3.8) is 0 Å². The summed E-state index contributed by atoms with van der Waals surface area (Å²) in [6, 6.07) is 9.47. The molecular weight excluding hydrogens is 427 g/mol. The molecule has 1 saturated carbocycles. The quantitative estimate of drug-likeness (QED) is 0.283. The van der Waals surface area contributed by atoms with Crippen LogP contribution in [-0.4, -0.2) is 25.2 Å². The van der Waals surface area contributed by atoms with Crippen LogP contribution < -0.4 is 14.9 Å². The van der Waals surface area contributed by atoms with E-state index < -0.39 is 5.97 Å². The Morgan fingerprint density at radius 2 is 1.83 bits per heavy atom. The molecule has 1 aliphatic carbocycles. The molecule has 2 aromatic carbocycles. The molecule has 0 radical (unpaired) electrons. The molecule has 0 atom stereocenters. The molecule has 8 heteroatoms. The van der Waals surface area contributed by atoms with Crippen LogP contribution in [0.15, 0.2) is 41.5 Å². The fourth-order valence-electron chi connectivity index (χ4n) is 3.29. The van der Waals surface area contributed by atoms with Crippen molar-refractivity contribution in [1.29, 1.82) is 0 Å². The van der Waals surface area contributed by atoms with Gasteiger partial charge in [0.1, 0.15) is 0 Å². The zero-order valence-electron chi connectivity index (χ0n) is 16.5. The van der Waals surface area contributed by atoms with E-state index in [2.05, 4.69) is 10.5 Å². The second kappa shape index (κ2) is 10.5. The number of amides is 1. The molecule has 6 nitrogen and oxygen atoms in total. The third-order valence-electron chi connectivity index (χ3n) is 4.91. The number of nitrogens with zero attached hydrogens (tertiary/aromatic N) is 1. The lowest BCUT2D eigenvalue weighted by Gasteiger charge is -2.19. The van der Waals surface area contributed by atoms with Gasteiger partial charge in [-0.15, -0.1) is 0 Å². The number of hydrogen-bond donors (Lipinski definition) is 1. The lowest BCUT2D eigenvalue weighted by atomic mass is 9.89. The van der Waals surface area contributed by atoms with Crippen molar-refractivity contribution in [1.82, 2.24) is 5.43 Å². The maximum absolute atomic E-state index is 12.4. The summed E-state index contributed by atoms with van der Waals surface area (Å²) in [4.78, 5) is 24.6. The molecule has 1 N–H and O–H groups in total. The van der Waals surface area contributed by atoms with Crippen LogP contribution in [0.2, 0.25) is 10.0 Å². The molecule has 0 aromatic heterocycles. The van der Waals surface area contributed by atoms with Crippen LogP contribution in [-0.2, 0) is 4.79 Å². The number of ether oxygens (including phenoxy) is 2. The van der Waals surface area contributed by atoms with Crippen molar-refractivity contribution in [2.45, 2.75) is 32.1 Å². The third-order valence-corrected chi connectivity index (χ3v) is 5.45. The van der Waals surface area contributed by atoms with E-state index in [4.69, 9.17) is 32.7 Å². The predicted molar refractivity (Wildman–Crippen MR) is 117 cm³/mol. The van der Waals surface area contributed by atoms with Gasteiger partial charge in [-0.3, -0.25) is 4.79 Å². The number of hydrogen-bond acceptors (Lipinski definition) is 5. The summed E-state index contributed by atoms with van der Waals surface area (Å²) >= 11 is 11.9. The molecule has 0 bridgehead atoms. The van der Waals surface area contributed by atoms with Gasteiger partial charge in [0.05, 0.1) is 23.9 Å². The van der Waals surface area contributed by atoms with Crippen LogP contribution in [0.25, 0.3) is 0 Å². The van der Waals surface area contributed by atoms with E-state index in [0.29, 0.717) is 16.3 Å². The first-order chi connectivity index (χ1) is 14.5.